The second-order valence-electron chi connectivity index (χ2n) is 11.3. The molecule has 0 saturated heterocycles. The van der Waals surface area contributed by atoms with Crippen LogP contribution in [0, 0.1) is 29.6 Å². The van der Waals surface area contributed by atoms with Crippen molar-refractivity contribution in [2.24, 2.45) is 35.3 Å². The van der Waals surface area contributed by atoms with Crippen LogP contribution in [0.15, 0.2) is 69.4 Å². The molecule has 0 saturated carbocycles. The Bertz CT molecular complexity index is 1240. The lowest BCUT2D eigenvalue weighted by Gasteiger charge is -2.33. The summed E-state index contributed by atoms with van der Waals surface area (Å²) >= 11 is 0. The summed E-state index contributed by atoms with van der Waals surface area (Å²) in [7, 11) is 0. The Labute approximate surface area is 238 Å². The molecule has 2 aromatic rings. The fourth-order valence-electron chi connectivity index (χ4n) is 5.28. The first kappa shape index (κ1) is 33.0. The van der Waals surface area contributed by atoms with Gasteiger partial charge in [-0.1, -0.05) is 89.6 Å². The number of aliphatic hydroxyl groups excluding tert-OH is 2. The van der Waals surface area contributed by atoms with Crippen molar-refractivity contribution in [1.82, 2.24) is 0 Å². The number of carbonyl (C=O) groups excluding carboxylic acids is 1. The average molecular weight is 554 g/mol. The smallest absolute Gasteiger partial charge is 0.404 e. The maximum atomic E-state index is 11.5. The van der Waals surface area contributed by atoms with Crippen LogP contribution in [0.25, 0.3) is 17.0 Å². The van der Waals surface area contributed by atoms with Crippen molar-refractivity contribution in [2.75, 3.05) is 0 Å². The van der Waals surface area contributed by atoms with E-state index in [9.17, 15) is 19.8 Å². The topological polar surface area (TPSA) is 123 Å². The number of allylic oxidation sites excluding steroid dienone is 2. The van der Waals surface area contributed by atoms with Crippen molar-refractivity contribution >= 4 is 23.1 Å². The number of aliphatic hydroxyl groups is 2. The number of hydrogen-bond acceptors (Lipinski definition) is 6. The van der Waals surface area contributed by atoms with Gasteiger partial charge in [-0.2, -0.15) is 0 Å². The van der Waals surface area contributed by atoms with Crippen molar-refractivity contribution in [3.8, 4) is 0 Å². The Morgan fingerprint density at radius 1 is 1.00 bits per heavy atom. The summed E-state index contributed by atoms with van der Waals surface area (Å²) in [5.74, 6) is -0.727. The molecule has 0 fully saturated rings. The third-order valence-electron chi connectivity index (χ3n) is 7.59. The van der Waals surface area contributed by atoms with Crippen LogP contribution in [0.5, 0.6) is 0 Å². The molecule has 2 rings (SSSR count). The zero-order valence-corrected chi connectivity index (χ0v) is 24.9. The summed E-state index contributed by atoms with van der Waals surface area (Å²) in [5, 5.41) is 22.9. The van der Waals surface area contributed by atoms with Crippen molar-refractivity contribution in [1.29, 1.82) is 0 Å². The predicted molar refractivity (Wildman–Crippen MR) is 162 cm³/mol. The van der Waals surface area contributed by atoms with Crippen LogP contribution < -0.4 is 11.4 Å². The van der Waals surface area contributed by atoms with Crippen LogP contribution in [0.1, 0.15) is 66.9 Å². The minimum Gasteiger partial charge on any atom is -0.445 e. The van der Waals surface area contributed by atoms with Gasteiger partial charge in [-0.05, 0) is 43.4 Å². The third-order valence-corrected chi connectivity index (χ3v) is 7.59. The lowest BCUT2D eigenvalue weighted by Crippen LogP contribution is -2.41. The van der Waals surface area contributed by atoms with Gasteiger partial charge in [0.2, 0.25) is 0 Å². The minimum absolute atomic E-state index is 0.0844. The van der Waals surface area contributed by atoms with Gasteiger partial charge in [0, 0.05) is 35.1 Å². The fourth-order valence-corrected chi connectivity index (χ4v) is 5.28. The molecule has 0 aliphatic heterocycles. The molecule has 0 aliphatic carbocycles. The SMILES string of the molecule is CCC=CC(C)[C@H](OC(N)=O)[C@@H](C)[C@H](O)[C@@H](C)CC(C)=C[C@H](C)[C@@H](O)C(C)C=Cc1ccc2ccc(=O)oc2c1. The van der Waals surface area contributed by atoms with Gasteiger partial charge in [-0.15, -0.1) is 0 Å². The lowest BCUT2D eigenvalue weighted by molar-refractivity contribution is -0.0266. The van der Waals surface area contributed by atoms with E-state index in [1.165, 1.54) is 6.07 Å². The summed E-state index contributed by atoms with van der Waals surface area (Å²) in [5.41, 5.74) is 7.42. The summed E-state index contributed by atoms with van der Waals surface area (Å²) < 4.78 is 10.7. The zero-order chi connectivity index (χ0) is 30.0. The van der Waals surface area contributed by atoms with E-state index >= 15 is 0 Å². The number of amides is 1. The number of nitrogens with two attached hydrogens (primary N) is 1. The summed E-state index contributed by atoms with van der Waals surface area (Å²) in [4.78, 5) is 23.1. The van der Waals surface area contributed by atoms with Gasteiger partial charge >= 0.3 is 11.7 Å². The van der Waals surface area contributed by atoms with Crippen molar-refractivity contribution in [3.05, 3.63) is 76.2 Å². The molecule has 220 valence electrons. The quantitative estimate of drug-likeness (QED) is 0.182. The molecule has 8 atom stereocenters. The normalized spacial score (nSPS) is 18.8. The zero-order valence-electron chi connectivity index (χ0n) is 24.9. The van der Waals surface area contributed by atoms with E-state index in [0.29, 0.717) is 12.0 Å². The van der Waals surface area contributed by atoms with Crippen molar-refractivity contribution < 1.29 is 24.2 Å². The largest absolute Gasteiger partial charge is 0.445 e. The van der Waals surface area contributed by atoms with Gasteiger partial charge < -0.3 is 25.1 Å². The van der Waals surface area contributed by atoms with Crippen LogP contribution in [-0.4, -0.2) is 34.6 Å². The Kier molecular flexibility index (Phi) is 12.9. The molecule has 7 nitrogen and oxygen atoms in total. The number of benzene rings is 1. The third kappa shape index (κ3) is 9.79. The number of carbonyl (C=O) groups is 1. The van der Waals surface area contributed by atoms with Crippen LogP contribution >= 0.6 is 0 Å². The highest BCUT2D eigenvalue weighted by Crippen LogP contribution is 2.29. The van der Waals surface area contributed by atoms with Crippen LogP contribution in [0.4, 0.5) is 4.79 Å². The monoisotopic (exact) mass is 553 g/mol. The van der Waals surface area contributed by atoms with Gasteiger partial charge in [-0.3, -0.25) is 0 Å². The van der Waals surface area contributed by atoms with E-state index in [4.69, 9.17) is 14.9 Å². The molecule has 1 heterocycles. The molecule has 2 unspecified atom stereocenters. The average Bonchev–Trinajstić information content (AvgIpc) is 2.91. The minimum atomic E-state index is -0.845. The van der Waals surface area contributed by atoms with E-state index in [0.717, 1.165) is 22.9 Å². The Hall–Kier alpha value is -3.16. The van der Waals surface area contributed by atoms with E-state index in [-0.39, 0.29) is 35.2 Å². The van der Waals surface area contributed by atoms with Gasteiger partial charge in [-0.25, -0.2) is 9.59 Å². The fraction of sp³-hybridized carbons (Fsp3) is 0.515. The molecule has 0 bridgehead atoms. The predicted octanol–water partition coefficient (Wildman–Crippen LogP) is 6.48. The van der Waals surface area contributed by atoms with Gasteiger partial charge in [0.05, 0.1) is 12.2 Å². The first-order valence-corrected chi connectivity index (χ1v) is 14.2. The number of primary amides is 1. The lowest BCUT2D eigenvalue weighted by atomic mass is 9.81. The molecule has 4 N–H and O–H groups in total. The molecule has 1 amide bonds. The number of ether oxygens (including phenoxy) is 1. The van der Waals surface area contributed by atoms with E-state index in [1.54, 1.807) is 6.07 Å². The number of hydrogen-bond donors (Lipinski definition) is 3. The number of fused-ring (bicyclic) bond motifs is 1. The Morgan fingerprint density at radius 2 is 1.68 bits per heavy atom. The first-order valence-electron chi connectivity index (χ1n) is 14.2. The van der Waals surface area contributed by atoms with E-state index < -0.39 is 24.4 Å². The van der Waals surface area contributed by atoms with Crippen molar-refractivity contribution in [2.45, 2.75) is 79.6 Å². The Morgan fingerprint density at radius 3 is 2.33 bits per heavy atom. The highest BCUT2D eigenvalue weighted by atomic mass is 16.6. The molecular formula is C33H47NO6. The van der Waals surface area contributed by atoms with E-state index in [1.807, 2.05) is 91.0 Å². The maximum absolute atomic E-state index is 11.5. The second-order valence-corrected chi connectivity index (χ2v) is 11.3. The number of rotatable bonds is 14. The summed E-state index contributed by atoms with van der Waals surface area (Å²) in [6.45, 7) is 13.8. The van der Waals surface area contributed by atoms with Gasteiger partial charge in [0.1, 0.15) is 11.7 Å². The standard InChI is InChI=1S/C33H47NO6/c1-8-9-10-22(4)32(40-33(34)38)25(7)31(37)24(6)18-20(2)17-23(5)30(36)21(3)11-12-26-13-14-27-15-16-29(35)39-28(27)19-26/h9-17,19,21-25,30-32,36-37H,8,18H2,1-7H3,(H2,34,38)/t21?,22?,23-,24-,25-,30-,31+,32-/m0/s1. The molecular weight excluding hydrogens is 506 g/mol. The molecule has 0 radical (unpaired) electrons. The van der Waals surface area contributed by atoms with Gasteiger partial charge in [0.25, 0.3) is 0 Å². The Balaban J connectivity index is 2.02. The van der Waals surface area contributed by atoms with E-state index in [2.05, 4.69) is 6.08 Å². The molecule has 0 aliphatic rings. The van der Waals surface area contributed by atoms with Gasteiger partial charge in [0.15, 0.2) is 0 Å². The van der Waals surface area contributed by atoms with Crippen molar-refractivity contribution in [3.63, 3.8) is 0 Å². The van der Waals surface area contributed by atoms with Crippen LogP contribution in [0.3, 0.4) is 0 Å². The highest BCUT2D eigenvalue weighted by molar-refractivity contribution is 5.79. The summed E-state index contributed by atoms with van der Waals surface area (Å²) in [6.07, 6.45) is 8.74. The first-order chi connectivity index (χ1) is 18.8. The van der Waals surface area contributed by atoms with Crippen LogP contribution in [-0.2, 0) is 4.74 Å². The van der Waals surface area contributed by atoms with Crippen LogP contribution in [0.2, 0.25) is 0 Å². The molecule has 1 aromatic carbocycles. The highest BCUT2D eigenvalue weighted by Gasteiger charge is 2.33. The maximum Gasteiger partial charge on any atom is 0.404 e. The molecule has 7 heteroatoms. The second kappa shape index (κ2) is 15.6. The molecule has 0 spiro atoms. The summed E-state index contributed by atoms with van der Waals surface area (Å²) in [6, 6.07) is 8.79. The molecule has 40 heavy (non-hydrogen) atoms. The molecule has 1 aromatic heterocycles.